The van der Waals surface area contributed by atoms with Crippen molar-refractivity contribution in [3.05, 3.63) is 60.5 Å². The lowest BCUT2D eigenvalue weighted by Gasteiger charge is -2.30. The van der Waals surface area contributed by atoms with Crippen molar-refractivity contribution >= 4 is 11.9 Å². The van der Waals surface area contributed by atoms with Gasteiger partial charge in [0.2, 0.25) is 0 Å². The molecular formula is C61H113N5O5. The van der Waals surface area contributed by atoms with Crippen LogP contribution in [0.3, 0.4) is 0 Å². The Bertz CT molecular complexity index is 1300. The normalized spacial score (nSPS) is 15.1. The second kappa shape index (κ2) is 49.3. The Morgan fingerprint density at radius 3 is 1.41 bits per heavy atom. The van der Waals surface area contributed by atoms with Gasteiger partial charge in [-0.2, -0.15) is 0 Å². The summed E-state index contributed by atoms with van der Waals surface area (Å²) in [5, 5.41) is 11.6. The zero-order valence-corrected chi connectivity index (χ0v) is 46.7. The van der Waals surface area contributed by atoms with Crippen LogP contribution in [0, 0.1) is 0 Å². The maximum Gasteiger partial charge on any atom is 0.306 e. The second-order valence-corrected chi connectivity index (χ2v) is 20.6. The highest BCUT2D eigenvalue weighted by Crippen LogP contribution is 2.18. The van der Waals surface area contributed by atoms with Crippen molar-refractivity contribution in [1.82, 2.24) is 14.8 Å². The minimum absolute atomic E-state index is 0.00768. The minimum Gasteiger partial charge on any atom is -0.462 e. The predicted octanol–water partition coefficient (Wildman–Crippen LogP) is 14.7. The van der Waals surface area contributed by atoms with E-state index in [0.717, 1.165) is 218 Å². The van der Waals surface area contributed by atoms with Crippen LogP contribution in [0.1, 0.15) is 252 Å². The minimum atomic E-state index is -0.173. The van der Waals surface area contributed by atoms with E-state index in [1.165, 1.54) is 38.5 Å². The number of aliphatic hydroxyl groups is 1. The molecule has 1 fully saturated rings. The number of esters is 2. The molecule has 0 aromatic carbocycles. The molecule has 1 aliphatic rings. The van der Waals surface area contributed by atoms with Gasteiger partial charge in [-0.05, 0) is 142 Å². The lowest BCUT2D eigenvalue weighted by Crippen LogP contribution is -2.41. The number of allylic oxidation sites excluding steroid dienone is 8. The summed E-state index contributed by atoms with van der Waals surface area (Å²) in [6.07, 6.45) is 55.7. The number of unbranched alkanes of at least 4 members (excludes halogenated alkanes) is 16. The highest BCUT2D eigenvalue weighted by atomic mass is 16.5. The van der Waals surface area contributed by atoms with Gasteiger partial charge in [-0.3, -0.25) is 9.59 Å². The van der Waals surface area contributed by atoms with Gasteiger partial charge in [0.1, 0.15) is 12.2 Å². The van der Waals surface area contributed by atoms with E-state index in [-0.39, 0.29) is 30.3 Å². The van der Waals surface area contributed by atoms with Crippen LogP contribution in [-0.4, -0.2) is 96.0 Å². The van der Waals surface area contributed by atoms with Crippen LogP contribution in [0.25, 0.3) is 0 Å². The summed E-state index contributed by atoms with van der Waals surface area (Å²) in [5.74, 6) is 6.29. The second-order valence-electron chi connectivity index (χ2n) is 20.6. The Hall–Kier alpha value is -2.92. The molecule has 1 saturated heterocycles. The lowest BCUT2D eigenvalue weighted by atomic mass is 10.1. The number of likely N-dealkylation sites (tertiary alicyclic amines) is 1. The first-order valence-corrected chi connectivity index (χ1v) is 29.8. The standard InChI is InChI=1S/C61H113N5O5/c1-5-9-13-17-23-31-39-58(40-32-24-18-14-10-6-2)70-60(68)43-35-27-21-29-37-48-64(50-45-56(62)55-66(63)54-53-65-51-46-57(67)47-52-65)49-38-30-22-28-36-44-61(69)71-59(41-33-25-19-15-11-7-3)42-34-26-20-16-12-8-4/h13,15,17-20,24,26,55,57-59,67H,5-12,14,16,21-23,25,27-54,62-63H2,1-4H3/b17-13+,19-15+,24-18+,26-20+,56-55-. The van der Waals surface area contributed by atoms with Crippen LogP contribution in [0.2, 0.25) is 0 Å². The number of aliphatic hydroxyl groups excluding tert-OH is 1. The number of carbonyl (C=O) groups excluding carboxylic acids is 2. The molecule has 1 heterocycles. The van der Waals surface area contributed by atoms with Crippen molar-refractivity contribution in [2.45, 2.75) is 271 Å². The number of rotatable bonds is 49. The van der Waals surface area contributed by atoms with Crippen molar-refractivity contribution in [3.8, 4) is 0 Å². The molecule has 1 aliphatic heterocycles. The average molecular weight is 997 g/mol. The van der Waals surface area contributed by atoms with Crippen LogP contribution in [0.15, 0.2) is 60.5 Å². The first-order chi connectivity index (χ1) is 34.7. The van der Waals surface area contributed by atoms with Gasteiger partial charge in [0.25, 0.3) is 0 Å². The molecule has 0 aliphatic carbocycles. The third kappa shape index (κ3) is 43.2. The molecule has 0 saturated carbocycles. The molecule has 412 valence electrons. The molecule has 1 rings (SSSR count). The van der Waals surface area contributed by atoms with Crippen LogP contribution in [0.5, 0.6) is 0 Å². The van der Waals surface area contributed by atoms with E-state index in [1.807, 2.05) is 6.20 Å². The third-order valence-corrected chi connectivity index (χ3v) is 13.7. The van der Waals surface area contributed by atoms with Crippen molar-refractivity contribution < 1.29 is 24.2 Å². The Morgan fingerprint density at radius 1 is 0.521 bits per heavy atom. The molecule has 5 N–H and O–H groups in total. The van der Waals surface area contributed by atoms with E-state index in [0.29, 0.717) is 19.4 Å². The number of ether oxygens (including phenoxy) is 2. The molecule has 0 spiro atoms. The topological polar surface area (TPSA) is 135 Å². The molecule has 0 aromatic rings. The molecule has 0 amide bonds. The van der Waals surface area contributed by atoms with Crippen LogP contribution >= 0.6 is 0 Å². The fraction of sp³-hybridized carbons (Fsp3) is 0.803. The summed E-state index contributed by atoms with van der Waals surface area (Å²) in [7, 11) is 0. The number of piperidine rings is 1. The molecule has 10 heteroatoms. The predicted molar refractivity (Wildman–Crippen MR) is 303 cm³/mol. The molecular weight excluding hydrogens is 883 g/mol. The van der Waals surface area contributed by atoms with E-state index in [1.54, 1.807) is 5.01 Å². The lowest BCUT2D eigenvalue weighted by molar-refractivity contribution is -0.150. The molecule has 0 radical (unpaired) electrons. The highest BCUT2D eigenvalue weighted by Gasteiger charge is 2.18. The van der Waals surface area contributed by atoms with Crippen molar-refractivity contribution in [3.63, 3.8) is 0 Å². The first kappa shape index (κ1) is 66.1. The van der Waals surface area contributed by atoms with Gasteiger partial charge in [0, 0.05) is 63.9 Å². The Morgan fingerprint density at radius 2 is 0.944 bits per heavy atom. The van der Waals surface area contributed by atoms with Gasteiger partial charge in [0.15, 0.2) is 0 Å². The van der Waals surface area contributed by atoms with Gasteiger partial charge in [-0.15, -0.1) is 0 Å². The molecule has 0 bridgehead atoms. The van der Waals surface area contributed by atoms with Gasteiger partial charge in [0.05, 0.1) is 6.10 Å². The van der Waals surface area contributed by atoms with E-state index in [4.69, 9.17) is 21.1 Å². The number of carbonyl (C=O) groups is 2. The van der Waals surface area contributed by atoms with E-state index in [2.05, 4.69) is 86.1 Å². The van der Waals surface area contributed by atoms with Crippen LogP contribution in [0.4, 0.5) is 0 Å². The number of nitrogens with two attached hydrogens (primary N) is 2. The number of hydrogen-bond donors (Lipinski definition) is 3. The Kier molecular flexibility index (Phi) is 45.9. The van der Waals surface area contributed by atoms with Gasteiger partial charge in [-0.25, -0.2) is 5.84 Å². The highest BCUT2D eigenvalue weighted by molar-refractivity contribution is 5.69. The summed E-state index contributed by atoms with van der Waals surface area (Å²) >= 11 is 0. The third-order valence-electron chi connectivity index (χ3n) is 13.7. The van der Waals surface area contributed by atoms with Crippen molar-refractivity contribution in [1.29, 1.82) is 0 Å². The first-order valence-electron chi connectivity index (χ1n) is 29.8. The summed E-state index contributed by atoms with van der Waals surface area (Å²) in [6.45, 7) is 15.2. The smallest absolute Gasteiger partial charge is 0.306 e. The van der Waals surface area contributed by atoms with Crippen LogP contribution < -0.4 is 11.6 Å². The molecule has 0 aromatic heterocycles. The van der Waals surface area contributed by atoms with E-state index >= 15 is 0 Å². The molecule has 2 atom stereocenters. The Labute approximate surface area is 437 Å². The fourth-order valence-corrected chi connectivity index (χ4v) is 9.06. The maximum atomic E-state index is 13.0. The fourth-order valence-electron chi connectivity index (χ4n) is 9.06. The number of nitrogens with zero attached hydrogens (tertiary/aromatic N) is 3. The van der Waals surface area contributed by atoms with Gasteiger partial charge < -0.3 is 35.1 Å². The molecule has 2 unspecified atom stereocenters. The van der Waals surface area contributed by atoms with Gasteiger partial charge >= 0.3 is 11.9 Å². The largest absolute Gasteiger partial charge is 0.462 e. The van der Waals surface area contributed by atoms with E-state index < -0.39 is 0 Å². The zero-order chi connectivity index (χ0) is 51.7. The quantitative estimate of drug-likeness (QED) is 0.0178. The van der Waals surface area contributed by atoms with Crippen LogP contribution in [-0.2, 0) is 19.1 Å². The molecule has 71 heavy (non-hydrogen) atoms. The monoisotopic (exact) mass is 996 g/mol. The summed E-state index contributed by atoms with van der Waals surface area (Å²) in [4.78, 5) is 30.8. The zero-order valence-electron chi connectivity index (χ0n) is 46.7. The Balaban J connectivity index is 2.60. The van der Waals surface area contributed by atoms with Gasteiger partial charge in [-0.1, -0.05) is 153 Å². The summed E-state index contributed by atoms with van der Waals surface area (Å²) in [5.41, 5.74) is 7.34. The van der Waals surface area contributed by atoms with Crippen molar-refractivity contribution in [2.24, 2.45) is 11.6 Å². The summed E-state index contributed by atoms with van der Waals surface area (Å²) in [6, 6.07) is 0. The number of hydrazine groups is 1. The van der Waals surface area contributed by atoms with Crippen molar-refractivity contribution in [2.75, 3.05) is 45.8 Å². The maximum absolute atomic E-state index is 13.0. The average Bonchev–Trinajstić information content (AvgIpc) is 3.36. The van der Waals surface area contributed by atoms with E-state index in [9.17, 15) is 14.7 Å². The number of hydrogen-bond acceptors (Lipinski definition) is 10. The summed E-state index contributed by atoms with van der Waals surface area (Å²) < 4.78 is 12.1. The SMILES string of the molecule is CCC/C=C/CCCC(CC/C=C/CCCC)OC(=O)CCCCCCCN(CCCCCCCC(=O)OC(CC/C=C/CCCC)CCC/C=C/CCC)CC/C(N)=C/N(N)CCN1CCC(O)CC1. The molecule has 10 nitrogen and oxygen atoms in total.